The van der Waals surface area contributed by atoms with Crippen molar-refractivity contribution in [2.45, 2.75) is 103 Å². The van der Waals surface area contributed by atoms with Crippen molar-refractivity contribution in [1.82, 2.24) is 24.5 Å². The van der Waals surface area contributed by atoms with Gasteiger partial charge >= 0.3 is 22.4 Å². The van der Waals surface area contributed by atoms with Crippen molar-refractivity contribution >= 4 is 34.0 Å². The molecule has 3 aliphatic heterocycles. The van der Waals surface area contributed by atoms with Crippen molar-refractivity contribution in [2.75, 3.05) is 36.6 Å². The number of piperidine rings is 2. The Morgan fingerprint density at radius 1 is 0.787 bits per heavy atom. The lowest BCUT2D eigenvalue weighted by Crippen LogP contribution is -2.43. The number of nitrogen functional groups attached to an aromatic ring is 1. The van der Waals surface area contributed by atoms with Gasteiger partial charge in [-0.15, -0.1) is 0 Å². The first-order chi connectivity index (χ1) is 28.7. The van der Waals surface area contributed by atoms with E-state index in [1.54, 1.807) is 52.3 Å². The summed E-state index contributed by atoms with van der Waals surface area (Å²) in [6, 6.07) is 17.6. The second kappa shape index (κ2) is 18.1. The highest BCUT2D eigenvalue weighted by Gasteiger charge is 2.34. The van der Waals surface area contributed by atoms with E-state index in [2.05, 4.69) is 19.4 Å². The van der Waals surface area contributed by atoms with Gasteiger partial charge in [-0.3, -0.25) is 4.72 Å². The van der Waals surface area contributed by atoms with Crippen LogP contribution >= 0.6 is 0 Å². The van der Waals surface area contributed by atoms with E-state index in [1.807, 2.05) is 59.7 Å². The Hall–Kier alpha value is -5.65. The number of nitrogens with two attached hydrogens (primary N) is 2. The minimum atomic E-state index is -3.71. The summed E-state index contributed by atoms with van der Waals surface area (Å²) < 4.78 is 40.3. The van der Waals surface area contributed by atoms with E-state index < -0.39 is 21.4 Å². The molecule has 0 saturated carbocycles. The summed E-state index contributed by atoms with van der Waals surface area (Å²) in [5.74, 6) is 0.852. The van der Waals surface area contributed by atoms with Crippen molar-refractivity contribution < 1.29 is 37.7 Å². The zero-order chi connectivity index (χ0) is 44.3. The zero-order valence-corrected chi connectivity index (χ0v) is 36.5. The number of hydrogen-bond acceptors (Lipinski definition) is 12. The van der Waals surface area contributed by atoms with Gasteiger partial charge in [-0.1, -0.05) is 24.3 Å². The van der Waals surface area contributed by atoms with E-state index in [4.69, 9.17) is 20.9 Å². The van der Waals surface area contributed by atoms with Gasteiger partial charge < -0.3 is 41.0 Å². The maximum Gasteiger partial charge on any atom is 0.410 e. The normalized spacial score (nSPS) is 18.8. The number of aromatic hydroxyl groups is 2. The summed E-state index contributed by atoms with van der Waals surface area (Å²) in [6.45, 7) is 13.7. The number of likely N-dealkylation sites (tertiary alicyclic amines) is 2. The first kappa shape index (κ1) is 44.9. The maximum atomic E-state index is 12.7. The van der Waals surface area contributed by atoms with Gasteiger partial charge in [0.2, 0.25) is 0 Å². The van der Waals surface area contributed by atoms with Crippen LogP contribution < -0.4 is 20.9 Å². The number of anilines is 2. The number of nitrogens with one attached hydrogen (secondary N) is 2. The molecule has 2 unspecified atom stereocenters. The standard InChI is InChI=1S/C22H28N4O5S.C22H30N4O3/c1-22(2,3)31-21(28)26-10-6-7-14(13-26)16-11-18(15-8-4-5-9-19(15)27)24-20-17(16)12-23-32(29,30)25-20;1-22(2,3)29-21(28)26-10-6-7-14(13-26)16-11-18(25-20(24)17(16)12-23)15-8-4-5-9-19(15)27/h4-5,8-9,11,14,23,27H,6-7,10,12-13H2,1-3H3,(H,24,25);4-5,8-9,11,14,27H,6-7,10,12-13,23H2,1-3H3,(H2,24,25). The van der Waals surface area contributed by atoms with E-state index in [1.165, 1.54) is 0 Å². The van der Waals surface area contributed by atoms with Gasteiger partial charge in [0.25, 0.3) is 0 Å². The number of pyridine rings is 2. The molecule has 16 nitrogen and oxygen atoms in total. The largest absolute Gasteiger partial charge is 0.507 e. The van der Waals surface area contributed by atoms with Crippen LogP contribution in [0.25, 0.3) is 22.5 Å². The lowest BCUT2D eigenvalue weighted by Gasteiger charge is -2.35. The Bertz CT molecular complexity index is 2360. The summed E-state index contributed by atoms with van der Waals surface area (Å²) in [6.07, 6.45) is 2.75. The molecule has 4 aromatic rings. The smallest absolute Gasteiger partial charge is 0.410 e. The quantitative estimate of drug-likeness (QED) is 0.120. The Balaban J connectivity index is 0.000000205. The topological polar surface area (TPSA) is 236 Å². The number of rotatable bonds is 5. The van der Waals surface area contributed by atoms with Crippen LogP contribution in [0.3, 0.4) is 0 Å². The highest BCUT2D eigenvalue weighted by molar-refractivity contribution is 7.90. The number of hydrogen-bond donors (Lipinski definition) is 6. The summed E-state index contributed by atoms with van der Waals surface area (Å²) >= 11 is 0. The minimum Gasteiger partial charge on any atom is -0.507 e. The van der Waals surface area contributed by atoms with Gasteiger partial charge in [0.05, 0.1) is 11.4 Å². The number of carbonyl (C=O) groups is 2. The maximum absolute atomic E-state index is 12.7. The fourth-order valence-corrected chi connectivity index (χ4v) is 8.69. The van der Waals surface area contributed by atoms with Crippen LogP contribution in [0.4, 0.5) is 21.2 Å². The number of fused-ring (bicyclic) bond motifs is 1. The Morgan fingerprint density at radius 2 is 1.26 bits per heavy atom. The van der Waals surface area contributed by atoms with Gasteiger partial charge in [-0.2, -0.15) is 13.1 Å². The number of aromatic nitrogens is 2. The molecule has 17 heteroatoms. The van der Waals surface area contributed by atoms with E-state index in [9.17, 15) is 28.2 Å². The summed E-state index contributed by atoms with van der Waals surface area (Å²) in [5, 5.41) is 20.6. The van der Waals surface area contributed by atoms with E-state index in [-0.39, 0.29) is 54.4 Å². The van der Waals surface area contributed by atoms with Crippen LogP contribution in [0.15, 0.2) is 60.7 Å². The second-order valence-electron chi connectivity index (χ2n) is 17.6. The third-order valence-corrected chi connectivity index (χ3v) is 11.6. The predicted molar refractivity (Wildman–Crippen MR) is 234 cm³/mol. The van der Waals surface area contributed by atoms with Crippen LogP contribution in [-0.4, -0.2) is 88.0 Å². The Morgan fingerprint density at radius 3 is 1.75 bits per heavy atom. The molecule has 0 radical (unpaired) electrons. The fourth-order valence-electron chi connectivity index (χ4n) is 7.86. The van der Waals surface area contributed by atoms with Crippen molar-refractivity contribution in [3.8, 4) is 34.0 Å². The molecule has 0 bridgehead atoms. The fraction of sp³-hybridized carbons (Fsp3) is 0.455. The number of ether oxygens (including phenoxy) is 2. The van der Waals surface area contributed by atoms with Crippen LogP contribution in [0.1, 0.15) is 101 Å². The molecular weight excluding hydrogens is 801 g/mol. The zero-order valence-electron chi connectivity index (χ0n) is 35.7. The van der Waals surface area contributed by atoms with E-state index in [0.29, 0.717) is 54.5 Å². The minimum absolute atomic E-state index is 0.0259. The summed E-state index contributed by atoms with van der Waals surface area (Å²) in [7, 11) is -3.71. The van der Waals surface area contributed by atoms with Gasteiger partial charge in [0, 0.05) is 73.4 Å². The average Bonchev–Trinajstić information content (AvgIpc) is 3.19. The molecule has 3 aliphatic rings. The molecule has 8 N–H and O–H groups in total. The van der Waals surface area contributed by atoms with Crippen molar-refractivity contribution in [2.24, 2.45) is 5.73 Å². The van der Waals surface area contributed by atoms with Crippen molar-refractivity contribution in [1.29, 1.82) is 0 Å². The highest BCUT2D eigenvalue weighted by Crippen LogP contribution is 2.39. The van der Waals surface area contributed by atoms with Gasteiger partial charge in [-0.05, 0) is 115 Å². The van der Waals surface area contributed by atoms with Crippen LogP contribution in [-0.2, 0) is 32.8 Å². The molecular formula is C44H58N8O8S. The molecule has 2 fully saturated rings. The van der Waals surface area contributed by atoms with Crippen LogP contribution in [0.5, 0.6) is 11.5 Å². The monoisotopic (exact) mass is 858 g/mol. The summed E-state index contributed by atoms with van der Waals surface area (Å²) in [4.78, 5) is 37.6. The van der Waals surface area contributed by atoms with E-state index >= 15 is 0 Å². The first-order valence-electron chi connectivity index (χ1n) is 20.5. The molecule has 2 aromatic carbocycles. The molecule has 2 amide bonds. The van der Waals surface area contributed by atoms with Crippen molar-refractivity contribution in [3.05, 3.63) is 82.9 Å². The second-order valence-corrected chi connectivity index (χ2v) is 19.1. The third kappa shape index (κ3) is 11.2. The third-order valence-electron chi connectivity index (χ3n) is 10.6. The van der Waals surface area contributed by atoms with Gasteiger partial charge in [0.15, 0.2) is 0 Å². The molecule has 2 saturated heterocycles. The Kier molecular flexibility index (Phi) is 13.3. The number of phenols is 2. The average molecular weight is 859 g/mol. The lowest BCUT2D eigenvalue weighted by atomic mass is 9.87. The number of phenolic OH excluding ortho intramolecular Hbond substituents is 2. The number of para-hydroxylation sites is 2. The number of amides is 2. The predicted octanol–water partition coefficient (Wildman–Crippen LogP) is 6.94. The highest BCUT2D eigenvalue weighted by atomic mass is 32.2. The van der Waals surface area contributed by atoms with Crippen LogP contribution in [0, 0.1) is 0 Å². The SMILES string of the molecule is CC(C)(C)OC(=O)N1CCCC(c2cc(-c3ccccc3O)nc(N)c2CN)C1.CC(C)(C)OC(=O)N1CCCC(c2cc(-c3ccccc3O)nc3c2CNS(=O)(=O)N3)C1. The van der Waals surface area contributed by atoms with Crippen molar-refractivity contribution in [3.63, 3.8) is 0 Å². The van der Waals surface area contributed by atoms with Gasteiger partial charge in [-0.25, -0.2) is 19.6 Å². The molecule has 2 atom stereocenters. The Labute approximate surface area is 357 Å². The molecule has 0 spiro atoms. The molecule has 7 rings (SSSR count). The lowest BCUT2D eigenvalue weighted by molar-refractivity contribution is 0.0188. The molecule has 5 heterocycles. The number of nitrogens with zero attached hydrogens (tertiary/aromatic N) is 4. The molecule has 328 valence electrons. The first-order valence-corrected chi connectivity index (χ1v) is 22.0. The number of benzene rings is 2. The van der Waals surface area contributed by atoms with Crippen LogP contribution in [0.2, 0.25) is 0 Å². The molecule has 2 aromatic heterocycles. The van der Waals surface area contributed by atoms with E-state index in [0.717, 1.165) is 47.9 Å². The molecule has 0 aliphatic carbocycles. The van der Waals surface area contributed by atoms with Gasteiger partial charge in [0.1, 0.15) is 34.3 Å². The molecule has 61 heavy (non-hydrogen) atoms. The number of carbonyl (C=O) groups excluding carboxylic acids is 2. The summed E-state index contributed by atoms with van der Waals surface area (Å²) in [5.41, 5.74) is 16.7.